The van der Waals surface area contributed by atoms with Gasteiger partial charge in [-0.1, -0.05) is 29.8 Å². The highest BCUT2D eigenvalue weighted by Gasteiger charge is 2.33. The summed E-state index contributed by atoms with van der Waals surface area (Å²) in [5, 5.41) is -1.15. The molecule has 0 aliphatic rings. The molecular weight excluding hydrogens is 389 g/mol. The Labute approximate surface area is 157 Å². The van der Waals surface area contributed by atoms with Gasteiger partial charge in [0.15, 0.2) is 0 Å². The maximum Gasteiger partial charge on any atom is 0.417 e. The number of alkyl halides is 3. The number of benzene rings is 2. The van der Waals surface area contributed by atoms with E-state index < -0.39 is 33.8 Å². The average Bonchev–Trinajstić information content (AvgIpc) is 2.60. The lowest BCUT2D eigenvalue weighted by atomic mass is 10.2. The number of hydrogen-bond acceptors (Lipinski definition) is 3. The number of halogens is 4. The summed E-state index contributed by atoms with van der Waals surface area (Å²) in [5.41, 5.74) is 3.90. The molecule has 0 radical (unpaired) electrons. The number of carbonyl (C=O) groups is 2. The van der Waals surface area contributed by atoms with E-state index >= 15 is 0 Å². The smallest absolute Gasteiger partial charge is 0.272 e. The Morgan fingerprint density at radius 3 is 2.35 bits per heavy atom. The lowest BCUT2D eigenvalue weighted by molar-refractivity contribution is -0.137. The molecule has 0 aliphatic carbocycles. The van der Waals surface area contributed by atoms with Crippen molar-refractivity contribution in [2.45, 2.75) is 23.2 Å². The standard InChI is InChI=1S/C17H14ClF3N2O2S/c1-10(15(24)22-23-16(25)11-5-3-2-4-6-11)26-12-7-8-14(18)13(9-12)17(19,20)21/h2-10H,1H3,(H,22,24)(H,23,25)/t10-/m0/s1. The number of rotatable bonds is 4. The zero-order valence-corrected chi connectivity index (χ0v) is 15.0. The summed E-state index contributed by atoms with van der Waals surface area (Å²) in [4.78, 5) is 24.1. The van der Waals surface area contributed by atoms with Crippen molar-refractivity contribution in [3.63, 3.8) is 0 Å². The second kappa shape index (κ2) is 8.46. The van der Waals surface area contributed by atoms with E-state index in [9.17, 15) is 22.8 Å². The molecule has 0 saturated heterocycles. The van der Waals surface area contributed by atoms with Crippen LogP contribution in [0.1, 0.15) is 22.8 Å². The summed E-state index contributed by atoms with van der Waals surface area (Å²) in [6, 6.07) is 11.7. The van der Waals surface area contributed by atoms with E-state index in [0.717, 1.165) is 23.9 Å². The summed E-state index contributed by atoms with van der Waals surface area (Å²) < 4.78 is 38.6. The van der Waals surface area contributed by atoms with Crippen molar-refractivity contribution in [2.24, 2.45) is 0 Å². The molecule has 0 bridgehead atoms. The van der Waals surface area contributed by atoms with Crippen molar-refractivity contribution in [2.75, 3.05) is 0 Å². The zero-order valence-electron chi connectivity index (χ0n) is 13.4. The maximum absolute atomic E-state index is 12.9. The Morgan fingerprint density at radius 2 is 1.73 bits per heavy atom. The predicted molar refractivity (Wildman–Crippen MR) is 93.8 cm³/mol. The van der Waals surface area contributed by atoms with Crippen molar-refractivity contribution in [1.82, 2.24) is 10.9 Å². The topological polar surface area (TPSA) is 58.2 Å². The van der Waals surface area contributed by atoms with E-state index in [1.54, 1.807) is 30.3 Å². The number of hydrogen-bond donors (Lipinski definition) is 2. The van der Waals surface area contributed by atoms with Gasteiger partial charge < -0.3 is 0 Å². The highest BCUT2D eigenvalue weighted by Crippen LogP contribution is 2.37. The Morgan fingerprint density at radius 1 is 1.08 bits per heavy atom. The van der Waals surface area contributed by atoms with Gasteiger partial charge in [-0.25, -0.2) is 0 Å². The van der Waals surface area contributed by atoms with Gasteiger partial charge in [-0.15, -0.1) is 11.8 Å². The SMILES string of the molecule is C[C@H](Sc1ccc(Cl)c(C(F)(F)F)c1)C(=O)NNC(=O)c1ccccc1. The average molecular weight is 403 g/mol. The molecule has 26 heavy (non-hydrogen) atoms. The highest BCUT2D eigenvalue weighted by molar-refractivity contribution is 8.00. The van der Waals surface area contributed by atoms with Crippen LogP contribution in [-0.2, 0) is 11.0 Å². The van der Waals surface area contributed by atoms with Crippen LogP contribution in [-0.4, -0.2) is 17.1 Å². The van der Waals surface area contributed by atoms with Gasteiger partial charge in [0, 0.05) is 10.5 Å². The van der Waals surface area contributed by atoms with Crippen LogP contribution in [0.3, 0.4) is 0 Å². The van der Waals surface area contributed by atoms with Crippen LogP contribution >= 0.6 is 23.4 Å². The minimum absolute atomic E-state index is 0.235. The molecule has 2 amide bonds. The third-order valence-electron chi connectivity index (χ3n) is 3.26. The second-order valence-corrected chi connectivity index (χ2v) is 7.03. The molecule has 0 aromatic heterocycles. The van der Waals surface area contributed by atoms with Crippen LogP contribution < -0.4 is 10.9 Å². The summed E-state index contributed by atoms with van der Waals surface area (Å²) >= 11 is 6.48. The van der Waals surface area contributed by atoms with E-state index in [1.807, 2.05) is 0 Å². The summed E-state index contributed by atoms with van der Waals surface area (Å²) in [7, 11) is 0. The van der Waals surface area contributed by atoms with Crippen molar-refractivity contribution < 1.29 is 22.8 Å². The Bertz CT molecular complexity index is 800. The largest absolute Gasteiger partial charge is 0.417 e. The van der Waals surface area contributed by atoms with Crippen molar-refractivity contribution in [3.8, 4) is 0 Å². The number of carbonyl (C=O) groups excluding carboxylic acids is 2. The molecule has 4 nitrogen and oxygen atoms in total. The number of thioether (sulfide) groups is 1. The molecule has 138 valence electrons. The Balaban J connectivity index is 1.96. The first kappa shape index (κ1) is 20.1. The molecule has 2 rings (SSSR count). The van der Waals surface area contributed by atoms with Crippen LogP contribution in [0.5, 0.6) is 0 Å². The van der Waals surface area contributed by atoms with Crippen LogP contribution in [0.15, 0.2) is 53.4 Å². The molecule has 2 aromatic rings. The number of nitrogens with one attached hydrogen (secondary N) is 2. The normalized spacial score (nSPS) is 12.3. The molecule has 0 fully saturated rings. The third-order valence-corrected chi connectivity index (χ3v) is 4.68. The first-order chi connectivity index (χ1) is 12.2. The van der Waals surface area contributed by atoms with E-state index in [1.165, 1.54) is 13.0 Å². The molecule has 0 heterocycles. The van der Waals surface area contributed by atoms with E-state index in [0.29, 0.717) is 5.56 Å². The summed E-state index contributed by atoms with van der Waals surface area (Å²) in [6.45, 7) is 1.51. The van der Waals surface area contributed by atoms with Crippen LogP contribution in [0, 0.1) is 0 Å². The Hall–Kier alpha value is -2.19. The maximum atomic E-state index is 12.9. The predicted octanol–water partition coefficient (Wildman–Crippen LogP) is 4.30. The molecule has 0 unspecified atom stereocenters. The van der Waals surface area contributed by atoms with Crippen molar-refractivity contribution >= 4 is 35.2 Å². The molecule has 2 N–H and O–H groups in total. The fourth-order valence-corrected chi connectivity index (χ4v) is 3.07. The van der Waals surface area contributed by atoms with E-state index in [2.05, 4.69) is 10.9 Å². The monoisotopic (exact) mass is 402 g/mol. The van der Waals surface area contributed by atoms with Gasteiger partial charge >= 0.3 is 6.18 Å². The van der Waals surface area contributed by atoms with Gasteiger partial charge in [-0.05, 0) is 37.3 Å². The lowest BCUT2D eigenvalue weighted by Crippen LogP contribution is -2.44. The van der Waals surface area contributed by atoms with Crippen molar-refractivity contribution in [3.05, 3.63) is 64.7 Å². The van der Waals surface area contributed by atoms with Crippen LogP contribution in [0.4, 0.5) is 13.2 Å². The molecule has 0 spiro atoms. The van der Waals surface area contributed by atoms with Crippen LogP contribution in [0.2, 0.25) is 5.02 Å². The molecule has 1 atom stereocenters. The van der Waals surface area contributed by atoms with E-state index in [-0.39, 0.29) is 4.90 Å². The quantitative estimate of drug-likeness (QED) is 0.592. The minimum Gasteiger partial charge on any atom is -0.272 e. The van der Waals surface area contributed by atoms with E-state index in [4.69, 9.17) is 11.6 Å². The van der Waals surface area contributed by atoms with Gasteiger partial charge in [-0.2, -0.15) is 13.2 Å². The number of amides is 2. The molecule has 0 saturated carbocycles. The minimum atomic E-state index is -4.58. The number of hydrazine groups is 1. The fourth-order valence-electron chi connectivity index (χ4n) is 1.93. The molecule has 0 aliphatic heterocycles. The van der Waals surface area contributed by atoms with Gasteiger partial charge in [0.2, 0.25) is 0 Å². The van der Waals surface area contributed by atoms with Gasteiger partial charge in [0.1, 0.15) is 0 Å². The molecule has 9 heteroatoms. The van der Waals surface area contributed by atoms with Gasteiger partial charge in [-0.3, -0.25) is 20.4 Å². The molecule has 2 aromatic carbocycles. The van der Waals surface area contributed by atoms with Crippen molar-refractivity contribution in [1.29, 1.82) is 0 Å². The fraction of sp³-hybridized carbons (Fsp3) is 0.176. The lowest BCUT2D eigenvalue weighted by Gasteiger charge is -2.14. The summed E-state index contributed by atoms with van der Waals surface area (Å²) in [5.74, 6) is -1.05. The second-order valence-electron chi connectivity index (χ2n) is 5.21. The zero-order chi connectivity index (χ0) is 19.3. The van der Waals surface area contributed by atoms with Crippen LogP contribution in [0.25, 0.3) is 0 Å². The third kappa shape index (κ3) is 5.40. The van der Waals surface area contributed by atoms with Gasteiger partial charge in [0.05, 0.1) is 15.8 Å². The first-order valence-electron chi connectivity index (χ1n) is 7.37. The molecular formula is C17H14ClF3N2O2S. The highest BCUT2D eigenvalue weighted by atomic mass is 35.5. The first-order valence-corrected chi connectivity index (χ1v) is 8.63. The Kier molecular flexibility index (Phi) is 6.55. The van der Waals surface area contributed by atoms with Gasteiger partial charge in [0.25, 0.3) is 11.8 Å². The summed E-state index contributed by atoms with van der Waals surface area (Å²) in [6.07, 6.45) is -4.58.